The van der Waals surface area contributed by atoms with Crippen LogP contribution in [0.2, 0.25) is 0 Å². The first-order valence-corrected chi connectivity index (χ1v) is 5.24. The molecule has 0 N–H and O–H groups in total. The Bertz CT molecular complexity index is 335. The summed E-state index contributed by atoms with van der Waals surface area (Å²) in [6.07, 6.45) is 1.64. The minimum atomic E-state index is -2.81. The molecule has 0 aliphatic carbocycles. The summed E-state index contributed by atoms with van der Waals surface area (Å²) in [5.41, 5.74) is 0.580. The summed E-state index contributed by atoms with van der Waals surface area (Å²) in [6.45, 7) is -2.81. The molecule has 0 amide bonds. The second-order valence-electron chi connectivity index (χ2n) is 2.35. The van der Waals surface area contributed by atoms with Gasteiger partial charge in [0.15, 0.2) is 0 Å². The SMILES string of the molecule is FC(F)Oc1ccccc1C=C(Br)Br. The molecule has 14 heavy (non-hydrogen) atoms. The van der Waals surface area contributed by atoms with Gasteiger partial charge in [-0.05, 0) is 44.0 Å². The topological polar surface area (TPSA) is 9.23 Å². The first-order valence-electron chi connectivity index (χ1n) is 3.66. The van der Waals surface area contributed by atoms with Crippen molar-refractivity contribution in [1.29, 1.82) is 0 Å². The van der Waals surface area contributed by atoms with E-state index in [1.165, 1.54) is 6.07 Å². The Morgan fingerprint density at radius 1 is 1.29 bits per heavy atom. The predicted octanol–water partition coefficient (Wildman–Crippen LogP) is 4.38. The molecule has 0 atom stereocenters. The van der Waals surface area contributed by atoms with E-state index in [-0.39, 0.29) is 5.75 Å². The van der Waals surface area contributed by atoms with Gasteiger partial charge in [-0.3, -0.25) is 0 Å². The van der Waals surface area contributed by atoms with E-state index >= 15 is 0 Å². The van der Waals surface area contributed by atoms with Crippen LogP contribution < -0.4 is 4.74 Å². The average Bonchev–Trinajstić information content (AvgIpc) is 2.06. The van der Waals surface area contributed by atoms with E-state index in [1.807, 2.05) is 0 Å². The van der Waals surface area contributed by atoms with Crippen LogP contribution in [0.5, 0.6) is 5.75 Å². The van der Waals surface area contributed by atoms with Crippen LogP contribution in [-0.2, 0) is 0 Å². The first-order chi connectivity index (χ1) is 6.59. The average molecular weight is 328 g/mol. The lowest BCUT2D eigenvalue weighted by Gasteiger charge is -2.07. The standard InChI is InChI=1S/C9H6Br2F2O/c10-8(11)5-6-3-1-2-4-7(6)14-9(12)13/h1-5,9H. The van der Waals surface area contributed by atoms with Gasteiger partial charge in [-0.25, -0.2) is 0 Å². The molecule has 1 rings (SSSR count). The van der Waals surface area contributed by atoms with Gasteiger partial charge in [-0.15, -0.1) is 0 Å². The van der Waals surface area contributed by atoms with Crippen LogP contribution in [0.25, 0.3) is 6.08 Å². The fourth-order valence-corrected chi connectivity index (χ4v) is 1.41. The molecule has 1 nitrogen and oxygen atoms in total. The molecule has 0 aromatic heterocycles. The summed E-state index contributed by atoms with van der Waals surface area (Å²) in [6, 6.07) is 6.55. The number of rotatable bonds is 3. The third kappa shape index (κ3) is 3.75. The molecule has 0 saturated heterocycles. The summed E-state index contributed by atoms with van der Waals surface area (Å²) in [4.78, 5) is 0. The molecule has 0 radical (unpaired) electrons. The van der Waals surface area contributed by atoms with Crippen LogP contribution in [0.3, 0.4) is 0 Å². The van der Waals surface area contributed by atoms with Gasteiger partial charge in [0.2, 0.25) is 0 Å². The van der Waals surface area contributed by atoms with E-state index < -0.39 is 6.61 Å². The van der Waals surface area contributed by atoms with Crippen LogP contribution in [0.15, 0.2) is 27.7 Å². The van der Waals surface area contributed by atoms with E-state index in [0.29, 0.717) is 8.96 Å². The third-order valence-electron chi connectivity index (χ3n) is 1.40. The summed E-state index contributed by atoms with van der Waals surface area (Å²) >= 11 is 6.29. The molecule has 1 aromatic rings. The van der Waals surface area contributed by atoms with Crippen molar-refractivity contribution in [1.82, 2.24) is 0 Å². The maximum atomic E-state index is 12.0. The number of alkyl halides is 2. The molecule has 0 spiro atoms. The van der Waals surface area contributed by atoms with Gasteiger partial charge in [0.25, 0.3) is 0 Å². The molecule has 76 valence electrons. The number of halogens is 4. The van der Waals surface area contributed by atoms with Gasteiger partial charge in [-0.1, -0.05) is 18.2 Å². The van der Waals surface area contributed by atoms with Crippen LogP contribution >= 0.6 is 31.9 Å². The Hall–Kier alpha value is -0.420. The summed E-state index contributed by atoms with van der Waals surface area (Å²) < 4.78 is 28.9. The second-order valence-corrected chi connectivity index (χ2v) is 5.12. The lowest BCUT2D eigenvalue weighted by atomic mass is 10.2. The lowest BCUT2D eigenvalue weighted by molar-refractivity contribution is -0.0499. The Labute approximate surface area is 97.0 Å². The van der Waals surface area contributed by atoms with Crippen LogP contribution in [-0.4, -0.2) is 6.61 Å². The Kier molecular flexibility index (Phi) is 4.54. The predicted molar refractivity (Wildman–Crippen MR) is 58.9 cm³/mol. The molecule has 1 aromatic carbocycles. The van der Waals surface area contributed by atoms with Gasteiger partial charge < -0.3 is 4.74 Å². The Morgan fingerprint density at radius 2 is 1.93 bits per heavy atom. The van der Waals surface area contributed by atoms with E-state index in [2.05, 4.69) is 36.6 Å². The van der Waals surface area contributed by atoms with Crippen molar-refractivity contribution < 1.29 is 13.5 Å². The van der Waals surface area contributed by atoms with Crippen molar-refractivity contribution in [2.75, 3.05) is 0 Å². The van der Waals surface area contributed by atoms with Crippen molar-refractivity contribution in [3.05, 3.63) is 33.2 Å². The molecule has 0 heterocycles. The van der Waals surface area contributed by atoms with E-state index in [4.69, 9.17) is 0 Å². The number of benzene rings is 1. The summed E-state index contributed by atoms with van der Waals surface area (Å²) in [5.74, 6) is 0.152. The smallest absolute Gasteiger partial charge is 0.387 e. The fourth-order valence-electron chi connectivity index (χ4n) is 0.921. The van der Waals surface area contributed by atoms with Gasteiger partial charge in [0.1, 0.15) is 5.75 Å². The highest BCUT2D eigenvalue weighted by molar-refractivity contribution is 9.28. The van der Waals surface area contributed by atoms with E-state index in [0.717, 1.165) is 0 Å². The van der Waals surface area contributed by atoms with E-state index in [9.17, 15) is 8.78 Å². The molecule has 0 aliphatic rings. The third-order valence-corrected chi connectivity index (χ3v) is 1.86. The van der Waals surface area contributed by atoms with Crippen molar-refractivity contribution in [2.24, 2.45) is 0 Å². The monoisotopic (exact) mass is 326 g/mol. The molecule has 0 aliphatic heterocycles. The maximum Gasteiger partial charge on any atom is 0.387 e. The highest BCUT2D eigenvalue weighted by Gasteiger charge is 2.07. The molecule has 5 heteroatoms. The van der Waals surface area contributed by atoms with Gasteiger partial charge in [0, 0.05) is 5.56 Å². The van der Waals surface area contributed by atoms with Crippen LogP contribution in [0, 0.1) is 0 Å². The lowest BCUT2D eigenvalue weighted by Crippen LogP contribution is -2.02. The normalized spacial score (nSPS) is 10.1. The van der Waals surface area contributed by atoms with Crippen molar-refractivity contribution in [3.8, 4) is 5.75 Å². The second kappa shape index (κ2) is 5.46. The van der Waals surface area contributed by atoms with Crippen molar-refractivity contribution in [2.45, 2.75) is 6.61 Å². The Morgan fingerprint density at radius 3 is 2.50 bits per heavy atom. The molecular formula is C9H6Br2F2O. The summed E-state index contributed by atoms with van der Waals surface area (Å²) in [7, 11) is 0. The zero-order chi connectivity index (χ0) is 10.6. The minimum absolute atomic E-state index is 0.152. The number of hydrogen-bond acceptors (Lipinski definition) is 1. The molecule has 0 bridgehead atoms. The summed E-state index contributed by atoms with van der Waals surface area (Å²) in [5, 5.41) is 0. The van der Waals surface area contributed by atoms with Crippen LogP contribution in [0.4, 0.5) is 8.78 Å². The van der Waals surface area contributed by atoms with Gasteiger partial charge >= 0.3 is 6.61 Å². The number of para-hydroxylation sites is 1. The number of ether oxygens (including phenoxy) is 1. The molecular weight excluding hydrogens is 322 g/mol. The fraction of sp³-hybridized carbons (Fsp3) is 0.111. The zero-order valence-corrected chi connectivity index (χ0v) is 10.1. The Balaban J connectivity index is 2.97. The number of hydrogen-bond donors (Lipinski definition) is 0. The highest BCUT2D eigenvalue weighted by Crippen LogP contribution is 2.26. The first kappa shape index (κ1) is 11.7. The molecule has 0 fully saturated rings. The van der Waals surface area contributed by atoms with Crippen molar-refractivity contribution >= 4 is 37.9 Å². The highest BCUT2D eigenvalue weighted by atomic mass is 79.9. The zero-order valence-electron chi connectivity index (χ0n) is 6.88. The van der Waals surface area contributed by atoms with Gasteiger partial charge in [-0.2, -0.15) is 8.78 Å². The van der Waals surface area contributed by atoms with E-state index in [1.54, 1.807) is 24.3 Å². The maximum absolute atomic E-state index is 12.0. The molecule has 0 unspecified atom stereocenters. The van der Waals surface area contributed by atoms with Gasteiger partial charge in [0.05, 0.1) is 3.39 Å². The molecule has 0 saturated carbocycles. The minimum Gasteiger partial charge on any atom is -0.434 e. The quantitative estimate of drug-likeness (QED) is 0.800. The van der Waals surface area contributed by atoms with Crippen molar-refractivity contribution in [3.63, 3.8) is 0 Å². The van der Waals surface area contributed by atoms with Crippen LogP contribution in [0.1, 0.15) is 5.56 Å². The largest absolute Gasteiger partial charge is 0.434 e.